The van der Waals surface area contributed by atoms with Crippen molar-refractivity contribution in [3.63, 3.8) is 0 Å². The zero-order valence-corrected chi connectivity index (χ0v) is 17.3. The third kappa shape index (κ3) is 5.92. The van der Waals surface area contributed by atoms with Crippen molar-refractivity contribution >= 4 is 45.7 Å². The van der Waals surface area contributed by atoms with E-state index in [1.807, 2.05) is 31.2 Å². The number of hydrogen-bond donors (Lipinski definition) is 1. The van der Waals surface area contributed by atoms with E-state index in [1.54, 1.807) is 0 Å². The summed E-state index contributed by atoms with van der Waals surface area (Å²) in [5.41, 5.74) is 1.12. The zero-order valence-electron chi connectivity index (χ0n) is 14.9. The van der Waals surface area contributed by atoms with Crippen LogP contribution in [0, 0.1) is 5.82 Å². The van der Waals surface area contributed by atoms with Gasteiger partial charge in [-0.25, -0.2) is 4.39 Å². The molecule has 0 radical (unpaired) electrons. The molecule has 1 amide bonds. The van der Waals surface area contributed by atoms with Crippen molar-refractivity contribution < 1.29 is 13.9 Å². The Bertz CT molecular complexity index is 920. The normalized spacial score (nSPS) is 11.8. The fourth-order valence-electron chi connectivity index (χ4n) is 2.23. The number of nitrogens with one attached hydrogen (secondary N) is 1. The van der Waals surface area contributed by atoms with E-state index < -0.39 is 6.10 Å². The molecular weight excluding hydrogens is 421 g/mol. The topological polar surface area (TPSA) is 64.1 Å². The van der Waals surface area contributed by atoms with Gasteiger partial charge in [0.1, 0.15) is 11.6 Å². The summed E-state index contributed by atoms with van der Waals surface area (Å²) in [4.78, 5) is 12.4. The number of carbonyl (C=O) groups is 1. The number of ether oxygens (including phenoxy) is 1. The van der Waals surface area contributed by atoms with Crippen molar-refractivity contribution in [3.05, 3.63) is 64.9 Å². The van der Waals surface area contributed by atoms with E-state index in [0.29, 0.717) is 22.3 Å². The quantitative estimate of drug-likeness (QED) is 0.376. The molecule has 28 heavy (non-hydrogen) atoms. The minimum absolute atomic E-state index is 0.322. The number of thioether (sulfide) groups is 1. The van der Waals surface area contributed by atoms with Crippen LogP contribution >= 0.6 is 34.7 Å². The maximum Gasteiger partial charge on any atom is 0.267 e. The first-order chi connectivity index (χ1) is 13.5. The molecule has 0 spiro atoms. The summed E-state index contributed by atoms with van der Waals surface area (Å²) in [6.45, 7) is 1.83. The van der Waals surface area contributed by atoms with Crippen molar-refractivity contribution in [2.24, 2.45) is 0 Å². The van der Waals surface area contributed by atoms with Crippen molar-refractivity contribution in [1.82, 2.24) is 10.2 Å². The highest BCUT2D eigenvalue weighted by molar-refractivity contribution is 8.00. The summed E-state index contributed by atoms with van der Waals surface area (Å²) in [6, 6.07) is 13.1. The monoisotopic (exact) mass is 437 g/mol. The molecule has 1 N–H and O–H groups in total. The van der Waals surface area contributed by atoms with Gasteiger partial charge in [0.25, 0.3) is 5.91 Å². The van der Waals surface area contributed by atoms with Crippen LogP contribution in [0.1, 0.15) is 18.9 Å². The van der Waals surface area contributed by atoms with E-state index in [9.17, 15) is 9.18 Å². The van der Waals surface area contributed by atoms with Crippen molar-refractivity contribution in [2.75, 3.05) is 5.32 Å². The first kappa shape index (κ1) is 20.6. The van der Waals surface area contributed by atoms with Gasteiger partial charge in [0, 0.05) is 10.8 Å². The van der Waals surface area contributed by atoms with Crippen LogP contribution in [0.15, 0.2) is 52.9 Å². The Hall–Kier alpha value is -2.16. The molecule has 0 saturated carbocycles. The molecule has 9 heteroatoms. The Labute approximate surface area is 175 Å². The Balaban J connectivity index is 1.54. The SMILES string of the molecule is CCC(Oc1ccc(F)cc1)C(=O)Nc1nnc(SCc2ccc(Cl)cc2)s1. The molecule has 0 aliphatic heterocycles. The van der Waals surface area contributed by atoms with Gasteiger partial charge in [-0.05, 0) is 48.4 Å². The largest absolute Gasteiger partial charge is 0.481 e. The molecule has 3 aromatic rings. The van der Waals surface area contributed by atoms with Crippen molar-refractivity contribution in [1.29, 1.82) is 0 Å². The lowest BCUT2D eigenvalue weighted by molar-refractivity contribution is -0.122. The molecule has 0 fully saturated rings. The second kappa shape index (κ2) is 9.86. The predicted molar refractivity (Wildman–Crippen MR) is 111 cm³/mol. The third-order valence-electron chi connectivity index (χ3n) is 3.67. The fourth-order valence-corrected chi connectivity index (χ4v) is 4.07. The molecule has 1 heterocycles. The number of amides is 1. The number of carbonyl (C=O) groups excluding carboxylic acids is 1. The molecule has 146 valence electrons. The first-order valence-electron chi connectivity index (χ1n) is 8.47. The molecule has 1 aromatic heterocycles. The molecule has 5 nitrogen and oxygen atoms in total. The number of hydrogen-bond acceptors (Lipinski definition) is 6. The molecule has 0 aliphatic carbocycles. The molecule has 3 rings (SSSR count). The van der Waals surface area contributed by atoms with E-state index in [0.717, 1.165) is 15.7 Å². The number of benzene rings is 2. The number of aromatic nitrogens is 2. The Morgan fingerprint density at radius 2 is 1.93 bits per heavy atom. The molecule has 1 unspecified atom stereocenters. The van der Waals surface area contributed by atoms with Crippen LogP contribution in [-0.4, -0.2) is 22.2 Å². The third-order valence-corrected chi connectivity index (χ3v) is 5.96. The van der Waals surface area contributed by atoms with Crippen LogP contribution in [0.4, 0.5) is 9.52 Å². The predicted octanol–water partition coefficient (Wildman–Crippen LogP) is 5.42. The Morgan fingerprint density at radius 3 is 2.61 bits per heavy atom. The van der Waals surface area contributed by atoms with E-state index in [1.165, 1.54) is 47.4 Å². The van der Waals surface area contributed by atoms with Crippen LogP contribution < -0.4 is 10.1 Å². The van der Waals surface area contributed by atoms with Gasteiger partial charge in [0.15, 0.2) is 10.4 Å². The van der Waals surface area contributed by atoms with E-state index in [4.69, 9.17) is 16.3 Å². The average Bonchev–Trinajstić information content (AvgIpc) is 3.14. The lowest BCUT2D eigenvalue weighted by Gasteiger charge is -2.16. The van der Waals surface area contributed by atoms with Gasteiger partial charge in [-0.1, -0.05) is 53.8 Å². The van der Waals surface area contributed by atoms with Gasteiger partial charge in [-0.2, -0.15) is 0 Å². The summed E-state index contributed by atoms with van der Waals surface area (Å²) >= 11 is 8.71. The Kier molecular flexibility index (Phi) is 7.24. The number of nitrogens with zero attached hydrogens (tertiary/aromatic N) is 2. The van der Waals surface area contributed by atoms with Crippen molar-refractivity contribution in [2.45, 2.75) is 29.5 Å². The molecule has 0 aliphatic rings. The van der Waals surface area contributed by atoms with Gasteiger partial charge in [-0.15, -0.1) is 10.2 Å². The second-order valence-electron chi connectivity index (χ2n) is 5.75. The van der Waals surface area contributed by atoms with Gasteiger partial charge in [-0.3, -0.25) is 10.1 Å². The molecule has 0 saturated heterocycles. The van der Waals surface area contributed by atoms with Crippen LogP contribution in [0.5, 0.6) is 5.75 Å². The van der Waals surface area contributed by atoms with Gasteiger partial charge in [0.05, 0.1) is 0 Å². The Morgan fingerprint density at radius 1 is 1.21 bits per heavy atom. The summed E-state index contributed by atoms with van der Waals surface area (Å²) in [5, 5.41) is 11.9. The van der Waals surface area contributed by atoms with Crippen LogP contribution in [0.25, 0.3) is 0 Å². The minimum Gasteiger partial charge on any atom is -0.481 e. The van der Waals surface area contributed by atoms with Crippen LogP contribution in [0.2, 0.25) is 5.02 Å². The van der Waals surface area contributed by atoms with E-state index in [-0.39, 0.29) is 11.7 Å². The zero-order chi connectivity index (χ0) is 19.9. The molecule has 0 bridgehead atoms. The summed E-state index contributed by atoms with van der Waals surface area (Å²) in [6.07, 6.45) is -0.250. The smallest absolute Gasteiger partial charge is 0.267 e. The number of rotatable bonds is 8. The average molecular weight is 438 g/mol. The maximum absolute atomic E-state index is 13.0. The lowest BCUT2D eigenvalue weighted by Crippen LogP contribution is -2.32. The molecule has 1 atom stereocenters. The maximum atomic E-state index is 13.0. The molecule has 2 aromatic carbocycles. The van der Waals surface area contributed by atoms with Crippen molar-refractivity contribution in [3.8, 4) is 5.75 Å². The highest BCUT2D eigenvalue weighted by Crippen LogP contribution is 2.29. The highest BCUT2D eigenvalue weighted by Gasteiger charge is 2.20. The second-order valence-corrected chi connectivity index (χ2v) is 8.38. The van der Waals surface area contributed by atoms with Crippen LogP contribution in [-0.2, 0) is 10.5 Å². The van der Waals surface area contributed by atoms with Crippen LogP contribution in [0.3, 0.4) is 0 Å². The summed E-state index contributed by atoms with van der Waals surface area (Å²) in [5.74, 6) is 0.477. The number of halogens is 2. The van der Waals surface area contributed by atoms with E-state index in [2.05, 4.69) is 15.5 Å². The number of anilines is 1. The molecular formula is C19H17ClFN3O2S2. The fraction of sp³-hybridized carbons (Fsp3) is 0.211. The van der Waals surface area contributed by atoms with Gasteiger partial charge < -0.3 is 4.74 Å². The standard InChI is InChI=1S/C19H17ClFN3O2S2/c1-2-16(26-15-9-7-14(21)8-10-15)17(25)22-18-23-24-19(28-18)27-11-12-3-5-13(20)6-4-12/h3-10,16H,2,11H2,1H3,(H,22,23,25). The summed E-state index contributed by atoms with van der Waals surface area (Å²) in [7, 11) is 0. The van der Waals surface area contributed by atoms with Gasteiger partial charge >= 0.3 is 0 Å². The minimum atomic E-state index is -0.709. The highest BCUT2D eigenvalue weighted by atomic mass is 35.5. The summed E-state index contributed by atoms with van der Waals surface area (Å²) < 4.78 is 19.4. The lowest BCUT2D eigenvalue weighted by atomic mass is 10.2. The van der Waals surface area contributed by atoms with Gasteiger partial charge in [0.2, 0.25) is 5.13 Å². The first-order valence-corrected chi connectivity index (χ1v) is 10.7. The van der Waals surface area contributed by atoms with E-state index >= 15 is 0 Å².